The number of halogens is 1. The zero-order valence-corrected chi connectivity index (χ0v) is 12.6. The third-order valence-electron chi connectivity index (χ3n) is 3.16. The second-order valence-electron chi connectivity index (χ2n) is 4.54. The number of aromatic nitrogens is 2. The quantitative estimate of drug-likeness (QED) is 0.530. The minimum absolute atomic E-state index is 0.0503. The average Bonchev–Trinajstić information content (AvgIpc) is 3.04. The van der Waals surface area contributed by atoms with Gasteiger partial charge in [0.05, 0.1) is 17.6 Å². The molecule has 0 aliphatic carbocycles. The molecule has 0 atom stereocenters. The molecule has 0 N–H and O–H groups in total. The first-order chi connectivity index (χ1) is 11.1. The van der Waals surface area contributed by atoms with Crippen molar-refractivity contribution in [2.45, 2.75) is 0 Å². The molecule has 0 fully saturated rings. The van der Waals surface area contributed by atoms with Crippen molar-refractivity contribution in [1.82, 2.24) is 10.1 Å². The lowest BCUT2D eigenvalue weighted by atomic mass is 10.1. The van der Waals surface area contributed by atoms with Crippen molar-refractivity contribution in [1.29, 1.82) is 0 Å². The van der Waals surface area contributed by atoms with E-state index < -0.39 is 4.92 Å². The van der Waals surface area contributed by atoms with Crippen molar-refractivity contribution in [3.63, 3.8) is 0 Å². The van der Waals surface area contributed by atoms with E-state index in [0.29, 0.717) is 16.3 Å². The number of nitro groups is 1. The first-order valence-corrected chi connectivity index (χ1v) is 6.89. The third-order valence-corrected chi connectivity index (χ3v) is 3.39. The standard InChI is InChI=1S/C15H10ClN3O4/c1-22-13-7-6-9(16)8-11(13)14-17-15(23-18-14)10-4-2-3-5-12(10)19(20)21/h2-8H,1H3. The largest absolute Gasteiger partial charge is 0.496 e. The van der Waals surface area contributed by atoms with E-state index in [4.69, 9.17) is 20.9 Å². The first kappa shape index (κ1) is 15.0. The van der Waals surface area contributed by atoms with E-state index in [-0.39, 0.29) is 23.0 Å². The van der Waals surface area contributed by atoms with Crippen molar-refractivity contribution in [2.24, 2.45) is 0 Å². The van der Waals surface area contributed by atoms with Crippen LogP contribution < -0.4 is 4.74 Å². The Morgan fingerprint density at radius 1 is 1.22 bits per heavy atom. The van der Waals surface area contributed by atoms with Gasteiger partial charge in [-0.05, 0) is 24.3 Å². The summed E-state index contributed by atoms with van der Waals surface area (Å²) in [5.74, 6) is 0.802. The van der Waals surface area contributed by atoms with E-state index in [2.05, 4.69) is 10.1 Å². The molecule has 0 saturated heterocycles. The molecule has 1 heterocycles. The van der Waals surface area contributed by atoms with Gasteiger partial charge in [0.1, 0.15) is 11.3 Å². The van der Waals surface area contributed by atoms with Gasteiger partial charge in [0.15, 0.2) is 0 Å². The number of rotatable bonds is 4. The summed E-state index contributed by atoms with van der Waals surface area (Å²) in [6.07, 6.45) is 0. The van der Waals surface area contributed by atoms with E-state index in [9.17, 15) is 10.1 Å². The Balaban J connectivity index is 2.09. The molecule has 1 aromatic heterocycles. The lowest BCUT2D eigenvalue weighted by Gasteiger charge is -2.04. The van der Waals surface area contributed by atoms with Crippen LogP contribution in [0.3, 0.4) is 0 Å². The maximum atomic E-state index is 11.1. The fourth-order valence-electron chi connectivity index (χ4n) is 2.11. The molecule has 0 amide bonds. The normalized spacial score (nSPS) is 10.5. The molecule has 0 radical (unpaired) electrons. The summed E-state index contributed by atoms with van der Waals surface area (Å²) in [5.41, 5.74) is 0.673. The number of methoxy groups -OCH3 is 1. The Labute approximate surface area is 135 Å². The van der Waals surface area contributed by atoms with Gasteiger partial charge in [-0.2, -0.15) is 4.98 Å². The van der Waals surface area contributed by atoms with Crippen molar-refractivity contribution in [3.8, 4) is 28.6 Å². The predicted octanol–water partition coefficient (Wildman–Crippen LogP) is 3.97. The molecule has 23 heavy (non-hydrogen) atoms. The van der Waals surface area contributed by atoms with Crippen LogP contribution in [0, 0.1) is 10.1 Å². The van der Waals surface area contributed by atoms with E-state index in [1.54, 1.807) is 36.4 Å². The van der Waals surface area contributed by atoms with Crippen LogP contribution in [0.5, 0.6) is 5.75 Å². The summed E-state index contributed by atoms with van der Waals surface area (Å²) in [5, 5.41) is 15.4. The van der Waals surface area contributed by atoms with Gasteiger partial charge < -0.3 is 9.26 Å². The van der Waals surface area contributed by atoms with Crippen LogP contribution in [0.15, 0.2) is 47.0 Å². The van der Waals surface area contributed by atoms with Crippen LogP contribution in [0.25, 0.3) is 22.8 Å². The van der Waals surface area contributed by atoms with Crippen LogP contribution in [-0.2, 0) is 0 Å². The predicted molar refractivity (Wildman–Crippen MR) is 83.4 cm³/mol. The molecule has 3 rings (SSSR count). The maximum absolute atomic E-state index is 11.1. The van der Waals surface area contributed by atoms with Gasteiger partial charge in [-0.3, -0.25) is 10.1 Å². The third kappa shape index (κ3) is 2.86. The Hall–Kier alpha value is -2.93. The van der Waals surface area contributed by atoms with Crippen molar-refractivity contribution in [3.05, 3.63) is 57.6 Å². The van der Waals surface area contributed by atoms with Crippen molar-refractivity contribution >= 4 is 17.3 Å². The van der Waals surface area contributed by atoms with Crippen LogP contribution in [0.4, 0.5) is 5.69 Å². The second-order valence-corrected chi connectivity index (χ2v) is 4.98. The fourth-order valence-corrected chi connectivity index (χ4v) is 2.28. The summed E-state index contributed by atoms with van der Waals surface area (Å²) in [4.78, 5) is 14.8. The molecule has 8 heteroatoms. The maximum Gasteiger partial charge on any atom is 0.282 e. The smallest absolute Gasteiger partial charge is 0.282 e. The summed E-state index contributed by atoms with van der Waals surface area (Å²) in [7, 11) is 1.51. The van der Waals surface area contributed by atoms with Crippen molar-refractivity contribution in [2.75, 3.05) is 7.11 Å². The highest BCUT2D eigenvalue weighted by Gasteiger charge is 2.21. The molecule has 0 spiro atoms. The summed E-state index contributed by atoms with van der Waals surface area (Å²) < 4.78 is 10.4. The van der Waals surface area contributed by atoms with Crippen LogP contribution in [0.1, 0.15) is 0 Å². The Morgan fingerprint density at radius 2 is 2.00 bits per heavy atom. The van der Waals surface area contributed by atoms with Crippen molar-refractivity contribution < 1.29 is 14.2 Å². The molecule has 0 unspecified atom stereocenters. The molecule has 0 aliphatic rings. The number of ether oxygens (including phenoxy) is 1. The number of benzene rings is 2. The monoisotopic (exact) mass is 331 g/mol. The number of nitro benzene ring substituents is 1. The minimum Gasteiger partial charge on any atom is -0.496 e. The number of para-hydroxylation sites is 1. The Bertz CT molecular complexity index is 879. The molecular weight excluding hydrogens is 322 g/mol. The Morgan fingerprint density at radius 3 is 2.74 bits per heavy atom. The van der Waals surface area contributed by atoms with Gasteiger partial charge in [0, 0.05) is 11.1 Å². The van der Waals surface area contributed by atoms with Gasteiger partial charge in [0.25, 0.3) is 11.6 Å². The molecule has 3 aromatic rings. The van der Waals surface area contributed by atoms with Gasteiger partial charge in [-0.25, -0.2) is 0 Å². The van der Waals surface area contributed by atoms with Gasteiger partial charge in [-0.15, -0.1) is 0 Å². The highest BCUT2D eigenvalue weighted by atomic mass is 35.5. The summed E-state index contributed by atoms with van der Waals surface area (Å²) in [6, 6.07) is 11.1. The Kier molecular flexibility index (Phi) is 3.94. The second kappa shape index (κ2) is 6.05. The van der Waals surface area contributed by atoms with Crippen LogP contribution in [-0.4, -0.2) is 22.2 Å². The number of hydrogen-bond donors (Lipinski definition) is 0. The summed E-state index contributed by atoms with van der Waals surface area (Å²) in [6.45, 7) is 0. The minimum atomic E-state index is -0.501. The van der Waals surface area contributed by atoms with Crippen LogP contribution in [0.2, 0.25) is 5.02 Å². The first-order valence-electron chi connectivity index (χ1n) is 6.51. The van der Waals surface area contributed by atoms with Gasteiger partial charge in [0.2, 0.25) is 5.82 Å². The van der Waals surface area contributed by atoms with E-state index in [1.165, 1.54) is 13.2 Å². The highest BCUT2D eigenvalue weighted by Crippen LogP contribution is 2.34. The van der Waals surface area contributed by atoms with Gasteiger partial charge in [-0.1, -0.05) is 28.9 Å². The number of hydrogen-bond acceptors (Lipinski definition) is 6. The topological polar surface area (TPSA) is 91.3 Å². The zero-order valence-electron chi connectivity index (χ0n) is 11.9. The highest BCUT2D eigenvalue weighted by molar-refractivity contribution is 6.30. The lowest BCUT2D eigenvalue weighted by Crippen LogP contribution is -1.92. The van der Waals surface area contributed by atoms with Gasteiger partial charge >= 0.3 is 0 Å². The molecule has 0 bridgehead atoms. The molecular formula is C15H10ClN3O4. The number of nitrogens with zero attached hydrogens (tertiary/aromatic N) is 3. The van der Waals surface area contributed by atoms with E-state index >= 15 is 0 Å². The lowest BCUT2D eigenvalue weighted by molar-refractivity contribution is -0.384. The molecule has 116 valence electrons. The molecule has 2 aromatic carbocycles. The molecule has 7 nitrogen and oxygen atoms in total. The van der Waals surface area contributed by atoms with E-state index in [0.717, 1.165) is 0 Å². The van der Waals surface area contributed by atoms with E-state index in [1.807, 2.05) is 0 Å². The SMILES string of the molecule is COc1ccc(Cl)cc1-c1noc(-c2ccccc2[N+](=O)[O-])n1. The molecule has 0 aliphatic heterocycles. The fraction of sp³-hybridized carbons (Fsp3) is 0.0667. The summed E-state index contributed by atoms with van der Waals surface area (Å²) >= 11 is 5.98. The van der Waals surface area contributed by atoms with Crippen LogP contribution >= 0.6 is 11.6 Å². The average molecular weight is 332 g/mol. The zero-order chi connectivity index (χ0) is 16.4. The molecule has 0 saturated carbocycles.